The molecule has 0 saturated heterocycles. The van der Waals surface area contributed by atoms with Crippen LogP contribution in [0.5, 0.6) is 11.5 Å². The maximum absolute atomic E-state index is 12.8. The molecular weight excluding hydrogens is 467 g/mol. The van der Waals surface area contributed by atoms with Gasteiger partial charge in [-0.3, -0.25) is 4.79 Å². The Kier molecular flexibility index (Phi) is 7.13. The van der Waals surface area contributed by atoms with Gasteiger partial charge in [0.1, 0.15) is 19.0 Å². The number of carbonyl (C=O) groups excluding carboxylic acids is 1. The van der Waals surface area contributed by atoms with Crippen LogP contribution in [0, 0.1) is 0 Å². The third kappa shape index (κ3) is 6.03. The number of halogens is 3. The zero-order valence-electron chi connectivity index (χ0n) is 18.6. The number of hydrogen-bond acceptors (Lipinski definition) is 5. The van der Waals surface area contributed by atoms with Crippen LogP contribution in [0.4, 0.5) is 13.2 Å². The molecule has 186 valence electrons. The lowest BCUT2D eigenvalue weighted by Gasteiger charge is -2.29. The highest BCUT2D eigenvalue weighted by Gasteiger charge is 2.38. The molecule has 0 spiro atoms. The van der Waals surface area contributed by atoms with E-state index in [1.165, 1.54) is 0 Å². The zero-order valence-corrected chi connectivity index (χ0v) is 18.6. The highest BCUT2D eigenvalue weighted by atomic mass is 19.4. The molecule has 0 radical (unpaired) electrons. The van der Waals surface area contributed by atoms with Crippen LogP contribution < -0.4 is 14.8 Å². The van der Waals surface area contributed by atoms with Crippen molar-refractivity contribution in [1.82, 2.24) is 15.3 Å². The molecule has 11 heteroatoms. The molecule has 8 nitrogen and oxygen atoms in total. The summed E-state index contributed by atoms with van der Waals surface area (Å²) in [4.78, 5) is 29.9. The van der Waals surface area contributed by atoms with E-state index in [2.05, 4.69) is 16.4 Å². The molecule has 2 aromatic carbocycles. The Bertz CT molecular complexity index is 1180. The highest BCUT2D eigenvalue weighted by molar-refractivity contribution is 5.95. The number of nitrogens with zero attached hydrogens (tertiary/aromatic N) is 1. The number of amides is 1. The summed E-state index contributed by atoms with van der Waals surface area (Å²) in [5, 5.41) is 10.3. The number of aliphatic carboxylic acids is 1. The van der Waals surface area contributed by atoms with Crippen molar-refractivity contribution in [3.63, 3.8) is 0 Å². The Morgan fingerprint density at radius 2 is 1.77 bits per heavy atom. The molecule has 35 heavy (non-hydrogen) atoms. The fourth-order valence-electron chi connectivity index (χ4n) is 4.19. The average Bonchev–Trinajstić information content (AvgIpc) is 3.28. The van der Waals surface area contributed by atoms with Gasteiger partial charge in [0.2, 0.25) is 0 Å². The van der Waals surface area contributed by atoms with E-state index in [0.717, 1.165) is 42.5 Å². The SMILES string of the molecule is O=C(N[C@@H]1CCC[C@H](c2nc3ccccc3[nH]2)C1)c1ccc2c(c1)OCCO2.O=C(O)C(F)(F)F. The van der Waals surface area contributed by atoms with E-state index < -0.39 is 12.1 Å². The number of H-pyrrole nitrogens is 1. The van der Waals surface area contributed by atoms with Crippen LogP contribution in [0.25, 0.3) is 11.0 Å². The van der Waals surface area contributed by atoms with Crippen molar-refractivity contribution in [2.45, 2.75) is 43.8 Å². The molecule has 5 rings (SSSR count). The maximum atomic E-state index is 12.8. The van der Waals surface area contributed by atoms with Crippen LogP contribution in [-0.4, -0.2) is 52.4 Å². The largest absolute Gasteiger partial charge is 0.490 e. The number of ether oxygens (including phenoxy) is 2. The molecule has 1 aliphatic heterocycles. The van der Waals surface area contributed by atoms with Gasteiger partial charge in [-0.15, -0.1) is 0 Å². The second-order valence-electron chi connectivity index (χ2n) is 8.33. The molecule has 2 heterocycles. The predicted octanol–water partition coefficient (Wildman–Crippen LogP) is 4.42. The second kappa shape index (κ2) is 10.2. The Hall–Kier alpha value is -3.76. The lowest BCUT2D eigenvalue weighted by Crippen LogP contribution is -2.38. The Morgan fingerprint density at radius 3 is 2.49 bits per heavy atom. The van der Waals surface area contributed by atoms with E-state index in [-0.39, 0.29) is 11.9 Å². The van der Waals surface area contributed by atoms with Crippen molar-refractivity contribution in [2.75, 3.05) is 13.2 Å². The van der Waals surface area contributed by atoms with Crippen molar-refractivity contribution >= 4 is 22.9 Å². The normalized spacial score (nSPS) is 19.4. The summed E-state index contributed by atoms with van der Waals surface area (Å²) in [7, 11) is 0. The number of para-hydroxylation sites is 2. The van der Waals surface area contributed by atoms with Crippen molar-refractivity contribution < 1.29 is 37.3 Å². The Morgan fingerprint density at radius 1 is 1.06 bits per heavy atom. The first-order valence-corrected chi connectivity index (χ1v) is 11.2. The monoisotopic (exact) mass is 491 g/mol. The number of hydrogen-bond donors (Lipinski definition) is 3. The highest BCUT2D eigenvalue weighted by Crippen LogP contribution is 2.33. The second-order valence-corrected chi connectivity index (χ2v) is 8.33. The summed E-state index contributed by atoms with van der Waals surface area (Å²) in [5.41, 5.74) is 2.68. The topological polar surface area (TPSA) is 114 Å². The van der Waals surface area contributed by atoms with Crippen molar-refractivity contribution in [1.29, 1.82) is 0 Å². The standard InChI is InChI=1S/C22H23N3O3.C2HF3O2/c26-22(15-8-9-19-20(13-15)28-11-10-27-19)23-16-5-3-4-14(12-16)21-24-17-6-1-2-7-18(17)25-21;3-2(4,5)1(6)7/h1-2,6-9,13-14,16H,3-5,10-12H2,(H,23,26)(H,24,25);(H,6,7)/t14-,16+;/m0./s1. The van der Waals surface area contributed by atoms with Gasteiger partial charge in [-0.25, -0.2) is 9.78 Å². The van der Waals surface area contributed by atoms with Crippen LogP contribution in [-0.2, 0) is 4.79 Å². The summed E-state index contributed by atoms with van der Waals surface area (Å²) >= 11 is 0. The van der Waals surface area contributed by atoms with Gasteiger partial charge in [0.15, 0.2) is 11.5 Å². The van der Waals surface area contributed by atoms with Crippen molar-refractivity contribution in [3.8, 4) is 11.5 Å². The third-order valence-electron chi connectivity index (χ3n) is 5.85. The van der Waals surface area contributed by atoms with Gasteiger partial charge in [-0.2, -0.15) is 13.2 Å². The van der Waals surface area contributed by atoms with Crippen molar-refractivity contribution in [3.05, 3.63) is 53.9 Å². The number of nitrogens with one attached hydrogen (secondary N) is 2. The van der Waals surface area contributed by atoms with Crippen LogP contribution >= 0.6 is 0 Å². The van der Waals surface area contributed by atoms with E-state index in [1.54, 1.807) is 12.1 Å². The number of carbonyl (C=O) groups is 2. The fourth-order valence-corrected chi connectivity index (χ4v) is 4.19. The van der Waals surface area contributed by atoms with E-state index in [1.807, 2.05) is 24.3 Å². The molecule has 0 unspecified atom stereocenters. The van der Waals surface area contributed by atoms with E-state index in [9.17, 15) is 18.0 Å². The molecule has 0 bridgehead atoms. The van der Waals surface area contributed by atoms with Crippen LogP contribution in [0.2, 0.25) is 0 Å². The number of carboxylic acids is 1. The smallest absolute Gasteiger partial charge is 0.486 e. The molecule has 1 saturated carbocycles. The maximum Gasteiger partial charge on any atom is 0.490 e. The molecular formula is C24H24F3N3O5. The fraction of sp³-hybridized carbons (Fsp3) is 0.375. The zero-order chi connectivity index (χ0) is 25.0. The number of fused-ring (bicyclic) bond motifs is 2. The molecule has 2 atom stereocenters. The molecule has 1 amide bonds. The van der Waals surface area contributed by atoms with E-state index in [4.69, 9.17) is 24.4 Å². The lowest BCUT2D eigenvalue weighted by atomic mass is 9.85. The number of carboxylic acid groups (broad SMARTS) is 1. The summed E-state index contributed by atoms with van der Waals surface area (Å²) in [6.07, 6.45) is -1.02. The summed E-state index contributed by atoms with van der Waals surface area (Å²) in [5.74, 6) is -0.112. The molecule has 3 aromatic rings. The van der Waals surface area contributed by atoms with Gasteiger partial charge in [0.05, 0.1) is 11.0 Å². The minimum absolute atomic E-state index is 0.0628. The van der Waals surface area contributed by atoms with Gasteiger partial charge < -0.3 is 24.9 Å². The summed E-state index contributed by atoms with van der Waals surface area (Å²) in [6.45, 7) is 1.06. The Balaban J connectivity index is 0.000000364. The molecule has 1 fully saturated rings. The third-order valence-corrected chi connectivity index (χ3v) is 5.85. The Labute approximate surface area is 198 Å². The predicted molar refractivity (Wildman–Crippen MR) is 120 cm³/mol. The van der Waals surface area contributed by atoms with E-state index >= 15 is 0 Å². The number of imidazole rings is 1. The number of aromatic nitrogens is 2. The number of rotatable bonds is 3. The lowest BCUT2D eigenvalue weighted by molar-refractivity contribution is -0.192. The quantitative estimate of drug-likeness (QED) is 0.500. The number of aromatic amines is 1. The minimum atomic E-state index is -5.08. The summed E-state index contributed by atoms with van der Waals surface area (Å²) in [6, 6.07) is 13.6. The first-order chi connectivity index (χ1) is 16.7. The van der Waals surface area contributed by atoms with Crippen molar-refractivity contribution in [2.24, 2.45) is 0 Å². The van der Waals surface area contributed by atoms with Gasteiger partial charge in [-0.1, -0.05) is 18.6 Å². The molecule has 3 N–H and O–H groups in total. The van der Waals surface area contributed by atoms with Crippen LogP contribution in [0.1, 0.15) is 47.8 Å². The van der Waals surface area contributed by atoms with Gasteiger partial charge >= 0.3 is 12.1 Å². The first kappa shape index (κ1) is 24.4. The molecule has 1 aliphatic carbocycles. The molecule has 2 aliphatic rings. The summed E-state index contributed by atoms with van der Waals surface area (Å²) < 4.78 is 42.9. The van der Waals surface area contributed by atoms with Crippen LogP contribution in [0.3, 0.4) is 0 Å². The number of benzene rings is 2. The molecule has 1 aromatic heterocycles. The first-order valence-electron chi connectivity index (χ1n) is 11.2. The van der Waals surface area contributed by atoms with Crippen LogP contribution in [0.15, 0.2) is 42.5 Å². The number of alkyl halides is 3. The van der Waals surface area contributed by atoms with Gasteiger partial charge in [-0.05, 0) is 49.6 Å². The van der Waals surface area contributed by atoms with Gasteiger partial charge in [0, 0.05) is 17.5 Å². The average molecular weight is 491 g/mol. The van der Waals surface area contributed by atoms with E-state index in [0.29, 0.717) is 36.2 Å². The minimum Gasteiger partial charge on any atom is -0.486 e. The van der Waals surface area contributed by atoms with Gasteiger partial charge in [0.25, 0.3) is 5.91 Å².